The van der Waals surface area contributed by atoms with Crippen molar-refractivity contribution >= 4 is 15.9 Å². The van der Waals surface area contributed by atoms with Gasteiger partial charge in [0.1, 0.15) is 6.17 Å². The second-order valence-corrected chi connectivity index (χ2v) is 4.44. The van der Waals surface area contributed by atoms with Crippen LogP contribution in [0.2, 0.25) is 0 Å². The van der Waals surface area contributed by atoms with Gasteiger partial charge in [0, 0.05) is 4.83 Å². The average molecular weight is 193 g/mol. The fourth-order valence-electron chi connectivity index (χ4n) is 2.14. The van der Waals surface area contributed by atoms with Gasteiger partial charge in [-0.15, -0.1) is 0 Å². The van der Waals surface area contributed by atoms with Crippen LogP contribution in [0, 0.1) is 11.8 Å². The molecule has 2 aliphatic carbocycles. The van der Waals surface area contributed by atoms with Crippen LogP contribution in [-0.2, 0) is 0 Å². The van der Waals surface area contributed by atoms with E-state index in [0.717, 1.165) is 19.3 Å². The molecule has 2 heteroatoms. The lowest BCUT2D eigenvalue weighted by molar-refractivity contribution is 0.235. The fourth-order valence-corrected chi connectivity index (χ4v) is 3.05. The van der Waals surface area contributed by atoms with Gasteiger partial charge in [0.2, 0.25) is 0 Å². The quantitative estimate of drug-likeness (QED) is 0.518. The Morgan fingerprint density at radius 1 is 1.11 bits per heavy atom. The van der Waals surface area contributed by atoms with Crippen molar-refractivity contribution in [3.8, 4) is 0 Å². The second-order valence-electron chi connectivity index (χ2n) is 3.26. The Morgan fingerprint density at radius 2 is 1.89 bits per heavy atom. The monoisotopic (exact) mass is 192 g/mol. The Hall–Kier alpha value is 0.410. The highest BCUT2D eigenvalue weighted by Gasteiger charge is 2.44. The molecule has 0 aromatic heterocycles. The first-order valence-electron chi connectivity index (χ1n) is 3.55. The maximum Gasteiger partial charge on any atom is 0.103 e. The van der Waals surface area contributed by atoms with Gasteiger partial charge in [-0.1, -0.05) is 15.9 Å². The minimum absolute atomic E-state index is 0.402. The number of halogens is 2. The van der Waals surface area contributed by atoms with Crippen LogP contribution in [0.3, 0.4) is 0 Å². The summed E-state index contributed by atoms with van der Waals surface area (Å²) in [6.07, 6.45) is 2.56. The van der Waals surface area contributed by atoms with Crippen LogP contribution in [0.4, 0.5) is 4.39 Å². The van der Waals surface area contributed by atoms with Gasteiger partial charge in [0.25, 0.3) is 0 Å². The molecule has 0 N–H and O–H groups in total. The molecule has 0 radical (unpaired) electrons. The Balaban J connectivity index is 2.10. The van der Waals surface area contributed by atoms with Crippen LogP contribution >= 0.6 is 15.9 Å². The van der Waals surface area contributed by atoms with E-state index in [4.69, 9.17) is 0 Å². The highest BCUT2D eigenvalue weighted by molar-refractivity contribution is 9.09. The summed E-state index contributed by atoms with van der Waals surface area (Å²) >= 11 is 3.56. The first-order chi connectivity index (χ1) is 4.27. The predicted octanol–water partition coefficient (Wildman–Crippen LogP) is 2.52. The highest BCUT2D eigenvalue weighted by atomic mass is 79.9. The molecule has 0 nitrogen and oxygen atoms in total. The van der Waals surface area contributed by atoms with Crippen LogP contribution in [0.1, 0.15) is 19.3 Å². The molecule has 2 rings (SSSR count). The average Bonchev–Trinajstić information content (AvgIpc) is 2.24. The molecule has 0 amide bonds. The highest BCUT2D eigenvalue weighted by Crippen LogP contribution is 2.49. The third kappa shape index (κ3) is 0.830. The Kier molecular flexibility index (Phi) is 1.33. The SMILES string of the molecule is FC1CC2CC1CC2Br. The van der Waals surface area contributed by atoms with Crippen LogP contribution in [0.5, 0.6) is 0 Å². The largest absolute Gasteiger partial charge is 0.247 e. The summed E-state index contributed by atoms with van der Waals surface area (Å²) in [7, 11) is 0. The van der Waals surface area contributed by atoms with Crippen molar-refractivity contribution in [1.29, 1.82) is 0 Å². The first kappa shape index (κ1) is 6.14. The zero-order valence-electron chi connectivity index (χ0n) is 5.19. The van der Waals surface area contributed by atoms with E-state index in [-0.39, 0.29) is 0 Å². The summed E-state index contributed by atoms with van der Waals surface area (Å²) in [5.41, 5.74) is 0. The van der Waals surface area contributed by atoms with Crippen molar-refractivity contribution in [2.75, 3.05) is 0 Å². The zero-order valence-corrected chi connectivity index (χ0v) is 6.77. The summed E-state index contributed by atoms with van der Waals surface area (Å²) < 4.78 is 12.8. The molecule has 2 saturated carbocycles. The van der Waals surface area contributed by atoms with Gasteiger partial charge in [-0.05, 0) is 31.1 Å². The molecule has 0 spiro atoms. The van der Waals surface area contributed by atoms with E-state index in [9.17, 15) is 4.39 Å². The lowest BCUT2D eigenvalue weighted by atomic mass is 9.99. The van der Waals surface area contributed by atoms with Gasteiger partial charge >= 0.3 is 0 Å². The minimum Gasteiger partial charge on any atom is -0.247 e. The van der Waals surface area contributed by atoms with Crippen molar-refractivity contribution < 1.29 is 4.39 Å². The molecule has 0 aromatic rings. The van der Waals surface area contributed by atoms with E-state index in [2.05, 4.69) is 15.9 Å². The van der Waals surface area contributed by atoms with Crippen LogP contribution < -0.4 is 0 Å². The number of fused-ring (bicyclic) bond motifs is 2. The molecular formula is C7H10BrF. The van der Waals surface area contributed by atoms with Gasteiger partial charge in [-0.3, -0.25) is 0 Å². The number of alkyl halides is 2. The van der Waals surface area contributed by atoms with Crippen LogP contribution in [-0.4, -0.2) is 11.0 Å². The van der Waals surface area contributed by atoms with Crippen molar-refractivity contribution in [3.05, 3.63) is 0 Å². The van der Waals surface area contributed by atoms with Gasteiger partial charge < -0.3 is 0 Å². The summed E-state index contributed by atoms with van der Waals surface area (Å²) in [5.74, 6) is 1.06. The summed E-state index contributed by atoms with van der Waals surface area (Å²) in [6, 6.07) is 0. The van der Waals surface area contributed by atoms with Crippen LogP contribution in [0.15, 0.2) is 0 Å². The Morgan fingerprint density at radius 3 is 2.22 bits per heavy atom. The Labute approximate surface area is 63.0 Å². The van der Waals surface area contributed by atoms with E-state index in [0.29, 0.717) is 16.7 Å². The van der Waals surface area contributed by atoms with Gasteiger partial charge in [-0.25, -0.2) is 4.39 Å². The molecular weight excluding hydrogens is 183 g/mol. The normalized spacial score (nSPS) is 56.7. The van der Waals surface area contributed by atoms with Gasteiger partial charge in [0.05, 0.1) is 0 Å². The van der Waals surface area contributed by atoms with E-state index in [1.165, 1.54) is 0 Å². The van der Waals surface area contributed by atoms with Crippen LogP contribution in [0.25, 0.3) is 0 Å². The summed E-state index contributed by atoms with van der Waals surface area (Å²) in [6.45, 7) is 0. The van der Waals surface area contributed by atoms with E-state index < -0.39 is 6.17 Å². The second kappa shape index (κ2) is 1.94. The molecule has 0 saturated heterocycles. The lowest BCUT2D eigenvalue weighted by Crippen LogP contribution is -2.17. The van der Waals surface area contributed by atoms with Crippen molar-refractivity contribution in [2.45, 2.75) is 30.3 Å². The van der Waals surface area contributed by atoms with Crippen molar-refractivity contribution in [3.63, 3.8) is 0 Å². The number of hydrogen-bond donors (Lipinski definition) is 0. The maximum atomic E-state index is 12.8. The van der Waals surface area contributed by atoms with Crippen molar-refractivity contribution in [1.82, 2.24) is 0 Å². The number of hydrogen-bond acceptors (Lipinski definition) is 0. The number of rotatable bonds is 0. The standard InChI is InChI=1S/C7H10BrF/c8-6-2-5-1-4(6)3-7(5)9/h4-7H,1-3H2. The predicted molar refractivity (Wildman–Crippen MR) is 38.4 cm³/mol. The van der Waals surface area contributed by atoms with Gasteiger partial charge in [-0.2, -0.15) is 0 Å². The summed E-state index contributed by atoms with van der Waals surface area (Å²) in [5, 5.41) is 0. The molecule has 4 atom stereocenters. The van der Waals surface area contributed by atoms with Gasteiger partial charge in [0.15, 0.2) is 0 Å². The topological polar surface area (TPSA) is 0 Å². The van der Waals surface area contributed by atoms with E-state index >= 15 is 0 Å². The first-order valence-corrected chi connectivity index (χ1v) is 4.47. The Bertz CT molecular complexity index is 108. The third-order valence-electron chi connectivity index (χ3n) is 2.68. The molecule has 52 valence electrons. The zero-order chi connectivity index (χ0) is 6.43. The molecule has 0 aromatic carbocycles. The maximum absolute atomic E-state index is 12.8. The molecule has 2 aliphatic rings. The lowest BCUT2D eigenvalue weighted by Gasteiger charge is -2.17. The molecule has 0 aliphatic heterocycles. The third-order valence-corrected chi connectivity index (χ3v) is 3.81. The fraction of sp³-hybridized carbons (Fsp3) is 1.00. The molecule has 0 heterocycles. The molecule has 4 unspecified atom stereocenters. The molecule has 2 bridgehead atoms. The smallest absolute Gasteiger partial charge is 0.103 e. The molecule has 9 heavy (non-hydrogen) atoms. The van der Waals surface area contributed by atoms with Crippen molar-refractivity contribution in [2.24, 2.45) is 11.8 Å². The molecule has 2 fully saturated rings. The van der Waals surface area contributed by atoms with E-state index in [1.807, 2.05) is 0 Å². The minimum atomic E-state index is -0.469. The summed E-state index contributed by atoms with van der Waals surface area (Å²) in [4.78, 5) is 0.634. The van der Waals surface area contributed by atoms with E-state index in [1.54, 1.807) is 0 Å².